The van der Waals surface area contributed by atoms with Crippen molar-refractivity contribution < 1.29 is 5.11 Å². The fourth-order valence-electron chi connectivity index (χ4n) is 1.55. The lowest BCUT2D eigenvalue weighted by molar-refractivity contribution is 0.265. The molecule has 70 valence electrons. The first-order valence-electron chi connectivity index (χ1n) is 4.81. The topological polar surface area (TPSA) is 20.2 Å². The normalized spacial score (nSPS) is 19.5. The summed E-state index contributed by atoms with van der Waals surface area (Å²) in [7, 11) is 0. The van der Waals surface area contributed by atoms with E-state index in [9.17, 15) is 5.11 Å². The van der Waals surface area contributed by atoms with E-state index in [0.717, 1.165) is 24.8 Å². The van der Waals surface area contributed by atoms with Gasteiger partial charge in [-0.05, 0) is 31.3 Å². The lowest BCUT2D eigenvalue weighted by Gasteiger charge is -2.07. The summed E-state index contributed by atoms with van der Waals surface area (Å²) in [6.45, 7) is 2.02. The molecule has 1 nitrogen and oxygen atoms in total. The Morgan fingerprint density at radius 3 is 3.08 bits per heavy atom. The predicted octanol–water partition coefficient (Wildman–Crippen LogP) is 2.43. The molecule has 1 rings (SSSR count). The summed E-state index contributed by atoms with van der Waals surface area (Å²) in [6, 6.07) is 0. The molecule has 0 saturated heterocycles. The van der Waals surface area contributed by atoms with Gasteiger partial charge in [-0.2, -0.15) is 0 Å². The Bertz CT molecular complexity index is 265. The zero-order chi connectivity index (χ0) is 9.68. The van der Waals surface area contributed by atoms with Crippen LogP contribution in [0.25, 0.3) is 0 Å². The molecule has 1 atom stereocenters. The molecule has 0 heterocycles. The van der Waals surface area contributed by atoms with Gasteiger partial charge in [0.15, 0.2) is 0 Å². The van der Waals surface area contributed by atoms with E-state index in [2.05, 4.69) is 18.1 Å². The van der Waals surface area contributed by atoms with Gasteiger partial charge >= 0.3 is 0 Å². The fraction of sp³-hybridized carbons (Fsp3) is 0.500. The highest BCUT2D eigenvalue weighted by atomic mass is 16.3. The number of aliphatic hydroxyl groups excluding tert-OH is 1. The molecular formula is C12H16O. The minimum atomic E-state index is -0.702. The van der Waals surface area contributed by atoms with Gasteiger partial charge in [-0.1, -0.05) is 30.6 Å². The van der Waals surface area contributed by atoms with Crippen LogP contribution in [0.1, 0.15) is 32.6 Å². The van der Waals surface area contributed by atoms with Crippen molar-refractivity contribution in [3.63, 3.8) is 0 Å². The summed E-state index contributed by atoms with van der Waals surface area (Å²) >= 11 is 0. The van der Waals surface area contributed by atoms with E-state index < -0.39 is 6.10 Å². The lowest BCUT2D eigenvalue weighted by atomic mass is 10.0. The Balaban J connectivity index is 2.70. The average Bonchev–Trinajstić information content (AvgIpc) is 2.65. The number of rotatable bonds is 3. The van der Waals surface area contributed by atoms with Crippen LogP contribution in [-0.4, -0.2) is 11.2 Å². The minimum absolute atomic E-state index is 0.702. The van der Waals surface area contributed by atoms with Crippen molar-refractivity contribution in [1.82, 2.24) is 0 Å². The van der Waals surface area contributed by atoms with E-state index in [1.54, 1.807) is 0 Å². The van der Waals surface area contributed by atoms with Gasteiger partial charge < -0.3 is 5.11 Å². The first kappa shape index (κ1) is 10.1. The maximum absolute atomic E-state index is 9.45. The van der Waals surface area contributed by atoms with Crippen LogP contribution in [0.2, 0.25) is 0 Å². The molecule has 0 saturated carbocycles. The molecule has 0 aromatic rings. The van der Waals surface area contributed by atoms with Crippen molar-refractivity contribution in [2.45, 2.75) is 38.7 Å². The first-order chi connectivity index (χ1) is 6.27. The Labute approximate surface area is 80.2 Å². The number of aliphatic hydroxyl groups is 1. The summed E-state index contributed by atoms with van der Waals surface area (Å²) in [5.74, 6) is 2.35. The molecule has 1 heteroatoms. The minimum Gasteiger partial charge on any atom is -0.376 e. The maximum Gasteiger partial charge on any atom is 0.136 e. The molecule has 1 aliphatic carbocycles. The van der Waals surface area contributed by atoms with Crippen LogP contribution in [0.15, 0.2) is 23.3 Å². The molecule has 0 radical (unpaired) electrons. The van der Waals surface area contributed by atoms with Crippen LogP contribution < -0.4 is 0 Å². The Kier molecular flexibility index (Phi) is 3.79. The molecule has 1 aliphatic rings. The highest BCUT2D eigenvalue weighted by molar-refractivity contribution is 5.30. The summed E-state index contributed by atoms with van der Waals surface area (Å²) in [4.78, 5) is 0. The molecule has 0 aromatic carbocycles. The Morgan fingerprint density at radius 1 is 1.85 bits per heavy atom. The van der Waals surface area contributed by atoms with Crippen LogP contribution >= 0.6 is 0 Å². The molecule has 1 unspecified atom stereocenters. The molecule has 0 bridgehead atoms. The van der Waals surface area contributed by atoms with Crippen LogP contribution in [0.5, 0.6) is 0 Å². The molecular weight excluding hydrogens is 160 g/mol. The van der Waals surface area contributed by atoms with E-state index in [0.29, 0.717) is 0 Å². The number of hydrogen-bond donors (Lipinski definition) is 1. The van der Waals surface area contributed by atoms with Gasteiger partial charge in [0, 0.05) is 0 Å². The third kappa shape index (κ3) is 2.75. The van der Waals surface area contributed by atoms with E-state index in [-0.39, 0.29) is 0 Å². The van der Waals surface area contributed by atoms with Gasteiger partial charge in [0.05, 0.1) is 0 Å². The molecule has 1 N–H and O–H groups in total. The summed E-state index contributed by atoms with van der Waals surface area (Å²) in [6.07, 6.45) is 13.1. The zero-order valence-electron chi connectivity index (χ0n) is 8.09. The molecule has 0 spiro atoms. The van der Waals surface area contributed by atoms with Gasteiger partial charge in [-0.3, -0.25) is 0 Å². The second kappa shape index (κ2) is 4.89. The highest BCUT2D eigenvalue weighted by Gasteiger charge is 2.07. The van der Waals surface area contributed by atoms with Crippen molar-refractivity contribution in [2.24, 2.45) is 0 Å². The quantitative estimate of drug-likeness (QED) is 0.655. The van der Waals surface area contributed by atoms with Gasteiger partial charge in [-0.15, -0.1) is 6.42 Å². The fourth-order valence-corrected chi connectivity index (χ4v) is 1.55. The van der Waals surface area contributed by atoms with Gasteiger partial charge in [0.25, 0.3) is 0 Å². The first-order valence-corrected chi connectivity index (χ1v) is 4.81. The predicted molar refractivity (Wildman–Crippen MR) is 55.1 cm³/mol. The number of hydrogen-bond acceptors (Lipinski definition) is 1. The lowest BCUT2D eigenvalue weighted by Crippen LogP contribution is -2.06. The summed E-state index contributed by atoms with van der Waals surface area (Å²) < 4.78 is 0. The number of terminal acetylenes is 1. The number of allylic oxidation sites excluding steroid dienone is 3. The average molecular weight is 176 g/mol. The van der Waals surface area contributed by atoms with Crippen LogP contribution in [0.3, 0.4) is 0 Å². The SMILES string of the molecule is C#CC(O)/C(=C/C1=CCCC1)CC. The third-order valence-electron chi connectivity index (χ3n) is 2.36. The van der Waals surface area contributed by atoms with Crippen LogP contribution in [-0.2, 0) is 0 Å². The second-order valence-electron chi connectivity index (χ2n) is 3.31. The monoisotopic (exact) mass is 176 g/mol. The van der Waals surface area contributed by atoms with Gasteiger partial charge in [0.2, 0.25) is 0 Å². The van der Waals surface area contributed by atoms with Crippen molar-refractivity contribution in [2.75, 3.05) is 0 Å². The van der Waals surface area contributed by atoms with E-state index >= 15 is 0 Å². The Hall–Kier alpha value is -1.00. The molecule has 0 amide bonds. The standard InChI is InChI=1S/C12H16O/c1-3-11(12(13)4-2)9-10-7-5-6-8-10/h2,7,9,12-13H,3,5-6,8H2,1H3/b11-9+. The van der Waals surface area contributed by atoms with Gasteiger partial charge in [0.1, 0.15) is 6.10 Å². The Morgan fingerprint density at radius 2 is 2.62 bits per heavy atom. The third-order valence-corrected chi connectivity index (χ3v) is 2.36. The van der Waals surface area contributed by atoms with Crippen molar-refractivity contribution in [1.29, 1.82) is 0 Å². The van der Waals surface area contributed by atoms with E-state index in [1.165, 1.54) is 12.0 Å². The van der Waals surface area contributed by atoms with E-state index in [1.807, 2.05) is 6.92 Å². The molecule has 0 aliphatic heterocycles. The molecule has 0 fully saturated rings. The van der Waals surface area contributed by atoms with Crippen molar-refractivity contribution in [3.05, 3.63) is 23.3 Å². The largest absolute Gasteiger partial charge is 0.376 e. The summed E-state index contributed by atoms with van der Waals surface area (Å²) in [5.41, 5.74) is 2.28. The summed E-state index contributed by atoms with van der Waals surface area (Å²) in [5, 5.41) is 9.45. The van der Waals surface area contributed by atoms with Gasteiger partial charge in [-0.25, -0.2) is 0 Å². The smallest absolute Gasteiger partial charge is 0.136 e. The van der Waals surface area contributed by atoms with Crippen LogP contribution in [0.4, 0.5) is 0 Å². The van der Waals surface area contributed by atoms with Crippen LogP contribution in [0, 0.1) is 12.3 Å². The highest BCUT2D eigenvalue weighted by Crippen LogP contribution is 2.21. The molecule has 13 heavy (non-hydrogen) atoms. The zero-order valence-corrected chi connectivity index (χ0v) is 8.09. The second-order valence-corrected chi connectivity index (χ2v) is 3.31. The maximum atomic E-state index is 9.45. The molecule has 0 aromatic heterocycles. The van der Waals surface area contributed by atoms with E-state index in [4.69, 9.17) is 6.42 Å². The van der Waals surface area contributed by atoms with Crippen molar-refractivity contribution >= 4 is 0 Å². The van der Waals surface area contributed by atoms with Crippen molar-refractivity contribution in [3.8, 4) is 12.3 Å².